The summed E-state index contributed by atoms with van der Waals surface area (Å²) in [5.41, 5.74) is 3.71. The van der Waals surface area contributed by atoms with Gasteiger partial charge < -0.3 is 4.57 Å². The highest BCUT2D eigenvalue weighted by Crippen LogP contribution is 2.19. The van der Waals surface area contributed by atoms with E-state index in [4.69, 9.17) is 0 Å². The van der Waals surface area contributed by atoms with Crippen LogP contribution in [0.15, 0.2) is 67.0 Å². The van der Waals surface area contributed by atoms with Crippen LogP contribution >= 0.6 is 0 Å². The Morgan fingerprint density at radius 1 is 0.947 bits per heavy atom. The first-order valence-corrected chi connectivity index (χ1v) is 6.45. The van der Waals surface area contributed by atoms with Crippen molar-refractivity contribution in [3.05, 3.63) is 78.1 Å². The van der Waals surface area contributed by atoms with Crippen LogP contribution in [0, 0.1) is 6.92 Å². The predicted molar refractivity (Wildman–Crippen MR) is 77.9 cm³/mol. The molecule has 0 N–H and O–H groups in total. The number of hydrogen-bond acceptors (Lipinski definition) is 1. The van der Waals surface area contributed by atoms with Gasteiger partial charge in [-0.25, -0.2) is 4.98 Å². The van der Waals surface area contributed by atoms with E-state index < -0.39 is 0 Å². The van der Waals surface area contributed by atoms with Crippen LogP contribution in [0.25, 0.3) is 11.4 Å². The molecule has 94 valence electrons. The Hall–Kier alpha value is -2.35. The van der Waals surface area contributed by atoms with Gasteiger partial charge >= 0.3 is 0 Å². The molecule has 3 rings (SSSR count). The van der Waals surface area contributed by atoms with Crippen molar-refractivity contribution in [3.8, 4) is 11.4 Å². The van der Waals surface area contributed by atoms with E-state index in [1.807, 2.05) is 18.5 Å². The van der Waals surface area contributed by atoms with Gasteiger partial charge in [-0.1, -0.05) is 60.2 Å². The third-order valence-electron chi connectivity index (χ3n) is 3.22. The summed E-state index contributed by atoms with van der Waals surface area (Å²) in [7, 11) is 0. The van der Waals surface area contributed by atoms with Crippen LogP contribution in [-0.4, -0.2) is 9.55 Å². The highest BCUT2D eigenvalue weighted by atomic mass is 15.1. The summed E-state index contributed by atoms with van der Waals surface area (Å²) < 4.78 is 2.18. The molecule has 2 heteroatoms. The molecule has 0 aliphatic rings. The zero-order valence-electron chi connectivity index (χ0n) is 11.0. The van der Waals surface area contributed by atoms with Gasteiger partial charge in [0.1, 0.15) is 5.82 Å². The van der Waals surface area contributed by atoms with E-state index in [-0.39, 0.29) is 0 Å². The second-order valence-corrected chi connectivity index (χ2v) is 4.73. The quantitative estimate of drug-likeness (QED) is 0.687. The minimum absolute atomic E-state index is 0.851. The molecule has 1 aromatic heterocycles. The summed E-state index contributed by atoms with van der Waals surface area (Å²) in [5.74, 6) is 1.02. The molecule has 0 aliphatic carbocycles. The Labute approximate surface area is 113 Å². The van der Waals surface area contributed by atoms with Crippen molar-refractivity contribution in [2.24, 2.45) is 0 Å². The minimum atomic E-state index is 0.851. The van der Waals surface area contributed by atoms with Crippen molar-refractivity contribution in [1.82, 2.24) is 9.55 Å². The lowest BCUT2D eigenvalue weighted by atomic mass is 10.1. The van der Waals surface area contributed by atoms with Crippen LogP contribution in [0.4, 0.5) is 0 Å². The fraction of sp³-hybridized carbons (Fsp3) is 0.118. The highest BCUT2D eigenvalue weighted by molar-refractivity contribution is 5.56. The van der Waals surface area contributed by atoms with Crippen molar-refractivity contribution >= 4 is 0 Å². The summed E-state index contributed by atoms with van der Waals surface area (Å²) >= 11 is 0. The first kappa shape index (κ1) is 11.7. The molecule has 0 saturated heterocycles. The fourth-order valence-electron chi connectivity index (χ4n) is 2.18. The Kier molecular flexibility index (Phi) is 3.15. The molecule has 0 unspecified atom stereocenters. The molecule has 3 aromatic rings. The Morgan fingerprint density at radius 2 is 1.68 bits per heavy atom. The van der Waals surface area contributed by atoms with Gasteiger partial charge in [-0.3, -0.25) is 0 Å². The number of benzene rings is 2. The van der Waals surface area contributed by atoms with E-state index in [9.17, 15) is 0 Å². The molecule has 0 bridgehead atoms. The van der Waals surface area contributed by atoms with Crippen LogP contribution in [0.2, 0.25) is 0 Å². The summed E-state index contributed by atoms with van der Waals surface area (Å²) in [4.78, 5) is 4.48. The van der Waals surface area contributed by atoms with Gasteiger partial charge in [-0.15, -0.1) is 0 Å². The summed E-state index contributed by atoms with van der Waals surface area (Å²) in [6, 6.07) is 18.9. The molecule has 0 amide bonds. The summed E-state index contributed by atoms with van der Waals surface area (Å²) in [5, 5.41) is 0. The fourth-order valence-corrected chi connectivity index (χ4v) is 2.18. The average molecular weight is 248 g/mol. The van der Waals surface area contributed by atoms with Gasteiger partial charge in [0.2, 0.25) is 0 Å². The Bertz CT molecular complexity index is 651. The van der Waals surface area contributed by atoms with Crippen molar-refractivity contribution in [2.75, 3.05) is 0 Å². The molecule has 0 saturated carbocycles. The van der Waals surface area contributed by atoms with E-state index in [0.717, 1.165) is 17.9 Å². The maximum atomic E-state index is 4.48. The predicted octanol–water partition coefficient (Wildman–Crippen LogP) is 3.91. The molecule has 1 heterocycles. The number of aromatic nitrogens is 2. The number of hydrogen-bond donors (Lipinski definition) is 0. The van der Waals surface area contributed by atoms with E-state index >= 15 is 0 Å². The second kappa shape index (κ2) is 5.11. The van der Waals surface area contributed by atoms with Crippen molar-refractivity contribution < 1.29 is 0 Å². The van der Waals surface area contributed by atoms with Crippen molar-refractivity contribution in [3.63, 3.8) is 0 Å². The Balaban J connectivity index is 1.92. The summed E-state index contributed by atoms with van der Waals surface area (Å²) in [6.45, 7) is 2.95. The maximum Gasteiger partial charge on any atom is 0.140 e. The van der Waals surface area contributed by atoms with E-state index in [0.29, 0.717) is 0 Å². The van der Waals surface area contributed by atoms with E-state index in [1.165, 1.54) is 11.1 Å². The monoisotopic (exact) mass is 248 g/mol. The molecule has 19 heavy (non-hydrogen) atoms. The topological polar surface area (TPSA) is 17.8 Å². The van der Waals surface area contributed by atoms with E-state index in [2.05, 4.69) is 65.0 Å². The molecule has 0 aliphatic heterocycles. The average Bonchev–Trinajstić information content (AvgIpc) is 2.89. The summed E-state index contributed by atoms with van der Waals surface area (Å²) in [6.07, 6.45) is 3.89. The molecule has 2 nitrogen and oxygen atoms in total. The zero-order valence-corrected chi connectivity index (χ0v) is 11.0. The van der Waals surface area contributed by atoms with Crippen LogP contribution in [-0.2, 0) is 6.54 Å². The smallest absolute Gasteiger partial charge is 0.140 e. The highest BCUT2D eigenvalue weighted by Gasteiger charge is 2.05. The standard InChI is InChI=1S/C17H16N2/c1-14-7-9-16(10-8-14)17-18-11-12-19(17)13-15-5-3-2-4-6-15/h2-12H,13H2,1H3. The number of rotatable bonds is 3. The van der Waals surface area contributed by atoms with Gasteiger partial charge in [-0.2, -0.15) is 0 Å². The van der Waals surface area contributed by atoms with Gasteiger partial charge in [-0.05, 0) is 12.5 Å². The largest absolute Gasteiger partial charge is 0.327 e. The van der Waals surface area contributed by atoms with Crippen LogP contribution in [0.1, 0.15) is 11.1 Å². The van der Waals surface area contributed by atoms with Crippen LogP contribution in [0.3, 0.4) is 0 Å². The van der Waals surface area contributed by atoms with Gasteiger partial charge in [0.15, 0.2) is 0 Å². The zero-order chi connectivity index (χ0) is 13.1. The molecule has 0 radical (unpaired) electrons. The first-order chi connectivity index (χ1) is 9.33. The minimum Gasteiger partial charge on any atom is -0.327 e. The lowest BCUT2D eigenvalue weighted by Crippen LogP contribution is -2.00. The first-order valence-electron chi connectivity index (χ1n) is 6.45. The lowest BCUT2D eigenvalue weighted by molar-refractivity contribution is 0.807. The normalized spacial score (nSPS) is 10.6. The third kappa shape index (κ3) is 2.58. The molecule has 0 spiro atoms. The molecular formula is C17H16N2. The van der Waals surface area contributed by atoms with E-state index in [1.54, 1.807) is 0 Å². The second-order valence-electron chi connectivity index (χ2n) is 4.73. The third-order valence-corrected chi connectivity index (χ3v) is 3.22. The lowest BCUT2D eigenvalue weighted by Gasteiger charge is -2.08. The Morgan fingerprint density at radius 3 is 2.42 bits per heavy atom. The molecule has 0 fully saturated rings. The van der Waals surface area contributed by atoms with Crippen molar-refractivity contribution in [2.45, 2.75) is 13.5 Å². The van der Waals surface area contributed by atoms with Gasteiger partial charge in [0, 0.05) is 24.5 Å². The number of aryl methyl sites for hydroxylation is 1. The van der Waals surface area contributed by atoms with Crippen molar-refractivity contribution in [1.29, 1.82) is 0 Å². The SMILES string of the molecule is Cc1ccc(-c2nccn2Cc2ccccc2)cc1. The van der Waals surface area contributed by atoms with Gasteiger partial charge in [0.05, 0.1) is 0 Å². The maximum absolute atomic E-state index is 4.48. The number of nitrogens with zero attached hydrogens (tertiary/aromatic N) is 2. The molecule has 0 atom stereocenters. The molecular weight excluding hydrogens is 232 g/mol. The molecule has 2 aromatic carbocycles. The number of imidazole rings is 1. The van der Waals surface area contributed by atoms with Gasteiger partial charge in [0.25, 0.3) is 0 Å². The van der Waals surface area contributed by atoms with Crippen LogP contribution < -0.4 is 0 Å². The van der Waals surface area contributed by atoms with Crippen LogP contribution in [0.5, 0.6) is 0 Å².